The molecule has 0 bridgehead atoms. The molecule has 0 aliphatic heterocycles. The Bertz CT molecular complexity index is 1060. The number of halogens is 1. The van der Waals surface area contributed by atoms with Crippen LogP contribution in [0.15, 0.2) is 48.5 Å². The monoisotopic (exact) mass is 479 g/mol. The Morgan fingerprint density at radius 3 is 2.31 bits per heavy atom. The summed E-state index contributed by atoms with van der Waals surface area (Å²) in [6, 6.07) is 13.7. The molecule has 32 heavy (non-hydrogen) atoms. The van der Waals surface area contributed by atoms with Crippen LogP contribution in [0.3, 0.4) is 0 Å². The Balaban J connectivity index is 2.17. The number of para-hydroxylation sites is 1. The number of carbonyl (C=O) groups is 2. The third-order valence-electron chi connectivity index (χ3n) is 5.25. The molecule has 9 heteroatoms. The lowest BCUT2D eigenvalue weighted by molar-refractivity contribution is -0.140. The van der Waals surface area contributed by atoms with Gasteiger partial charge in [-0.25, -0.2) is 8.42 Å². The van der Waals surface area contributed by atoms with Gasteiger partial charge in [0.2, 0.25) is 21.8 Å². The fourth-order valence-corrected chi connectivity index (χ4v) is 4.65. The number of amides is 2. The summed E-state index contributed by atoms with van der Waals surface area (Å²) in [4.78, 5) is 26.8. The highest BCUT2D eigenvalue weighted by Crippen LogP contribution is 2.23. The number of nitrogens with one attached hydrogen (secondary N) is 1. The second-order valence-corrected chi connectivity index (χ2v) is 9.94. The van der Waals surface area contributed by atoms with Gasteiger partial charge < -0.3 is 10.2 Å². The van der Waals surface area contributed by atoms with E-state index < -0.39 is 16.1 Å². The largest absolute Gasteiger partial charge is 0.357 e. The Labute approximate surface area is 195 Å². The molecule has 1 N–H and O–H groups in total. The number of sulfonamides is 1. The molecule has 174 valence electrons. The van der Waals surface area contributed by atoms with E-state index in [9.17, 15) is 18.0 Å². The molecule has 0 saturated heterocycles. The van der Waals surface area contributed by atoms with Gasteiger partial charge in [-0.2, -0.15) is 0 Å². The van der Waals surface area contributed by atoms with Gasteiger partial charge in [-0.1, -0.05) is 48.0 Å². The second-order valence-electron chi connectivity index (χ2n) is 7.63. The van der Waals surface area contributed by atoms with Crippen LogP contribution in [0.5, 0.6) is 0 Å². The van der Waals surface area contributed by atoms with E-state index in [2.05, 4.69) is 5.32 Å². The molecule has 0 radical (unpaired) electrons. The number of hydrogen-bond donors (Lipinski definition) is 1. The average molecular weight is 480 g/mol. The van der Waals surface area contributed by atoms with Crippen LogP contribution in [-0.4, -0.2) is 51.0 Å². The van der Waals surface area contributed by atoms with Crippen LogP contribution in [0.4, 0.5) is 5.69 Å². The molecule has 0 fully saturated rings. The lowest BCUT2D eigenvalue weighted by Gasteiger charge is -2.29. The maximum Gasteiger partial charge on any atom is 0.242 e. The summed E-state index contributed by atoms with van der Waals surface area (Å²) >= 11 is 6.26. The van der Waals surface area contributed by atoms with Crippen LogP contribution in [0.1, 0.15) is 30.9 Å². The van der Waals surface area contributed by atoms with Crippen molar-refractivity contribution in [1.29, 1.82) is 0 Å². The molecule has 0 aromatic heterocycles. The summed E-state index contributed by atoms with van der Waals surface area (Å²) in [5, 5.41) is 3.08. The van der Waals surface area contributed by atoms with Crippen molar-refractivity contribution in [3.8, 4) is 0 Å². The van der Waals surface area contributed by atoms with E-state index in [1.165, 1.54) is 16.3 Å². The fourth-order valence-electron chi connectivity index (χ4n) is 3.43. The molecule has 0 saturated carbocycles. The molecule has 2 rings (SSSR count). The van der Waals surface area contributed by atoms with E-state index in [-0.39, 0.29) is 31.3 Å². The van der Waals surface area contributed by atoms with E-state index in [0.29, 0.717) is 17.1 Å². The number of aryl methyl sites for hydroxylation is 1. The summed E-state index contributed by atoms with van der Waals surface area (Å²) in [5.41, 5.74) is 2.16. The topological polar surface area (TPSA) is 86.8 Å². The quantitative estimate of drug-likeness (QED) is 0.566. The van der Waals surface area contributed by atoms with Crippen molar-refractivity contribution in [3.63, 3.8) is 0 Å². The van der Waals surface area contributed by atoms with Gasteiger partial charge >= 0.3 is 0 Å². The van der Waals surface area contributed by atoms with Gasteiger partial charge in [0, 0.05) is 31.6 Å². The molecule has 1 atom stereocenters. The van der Waals surface area contributed by atoms with Gasteiger partial charge in [-0.15, -0.1) is 0 Å². The van der Waals surface area contributed by atoms with E-state index in [1.807, 2.05) is 31.2 Å². The first-order chi connectivity index (χ1) is 15.1. The van der Waals surface area contributed by atoms with Gasteiger partial charge in [0.15, 0.2) is 0 Å². The lowest BCUT2D eigenvalue weighted by Crippen LogP contribution is -2.46. The highest BCUT2D eigenvalue weighted by molar-refractivity contribution is 7.92. The summed E-state index contributed by atoms with van der Waals surface area (Å²) in [6.45, 7) is 3.84. The summed E-state index contributed by atoms with van der Waals surface area (Å²) in [6.07, 6.45) is 1.54. The Hall–Kier alpha value is -2.58. The average Bonchev–Trinajstić information content (AvgIpc) is 2.75. The van der Waals surface area contributed by atoms with Gasteiger partial charge in [-0.3, -0.25) is 13.9 Å². The molecular weight excluding hydrogens is 450 g/mol. The predicted molar refractivity (Wildman–Crippen MR) is 128 cm³/mol. The normalized spacial score (nSPS) is 12.2. The predicted octanol–water partition coefficient (Wildman–Crippen LogP) is 3.36. The van der Waals surface area contributed by atoms with Crippen molar-refractivity contribution in [2.45, 2.75) is 39.3 Å². The standard InChI is InChI=1S/C23H30ClN3O4S/c1-17-10-5-8-13-21(17)27(32(4,30)31)15-9-14-22(28)26(18(2)23(29)25-3)16-19-11-6-7-12-20(19)24/h5-8,10-13,18H,9,14-16H2,1-4H3,(H,25,29). The number of nitrogens with zero attached hydrogens (tertiary/aromatic N) is 2. The molecule has 0 aliphatic carbocycles. The molecule has 0 spiro atoms. The number of hydrogen-bond acceptors (Lipinski definition) is 4. The first-order valence-corrected chi connectivity index (χ1v) is 12.6. The van der Waals surface area contributed by atoms with E-state index in [1.54, 1.807) is 31.2 Å². The van der Waals surface area contributed by atoms with Gasteiger partial charge in [0.1, 0.15) is 6.04 Å². The Kier molecular flexibility index (Phi) is 9.09. The van der Waals surface area contributed by atoms with Gasteiger partial charge in [0.05, 0.1) is 11.9 Å². The number of rotatable bonds is 10. The number of benzene rings is 2. The van der Waals surface area contributed by atoms with Crippen molar-refractivity contribution < 1.29 is 18.0 Å². The van der Waals surface area contributed by atoms with Crippen LogP contribution in [0.2, 0.25) is 5.02 Å². The number of likely N-dealkylation sites (N-methyl/N-ethyl adjacent to an activating group) is 1. The molecule has 2 amide bonds. The molecule has 0 heterocycles. The molecular formula is C23H30ClN3O4S. The molecule has 0 aliphatic rings. The molecule has 7 nitrogen and oxygen atoms in total. The minimum absolute atomic E-state index is 0.0870. The van der Waals surface area contributed by atoms with Crippen molar-refractivity contribution >= 4 is 39.1 Å². The first-order valence-electron chi connectivity index (χ1n) is 10.3. The van der Waals surface area contributed by atoms with E-state index in [0.717, 1.165) is 17.4 Å². The summed E-state index contributed by atoms with van der Waals surface area (Å²) in [7, 11) is -2.00. The van der Waals surface area contributed by atoms with Crippen molar-refractivity contribution in [1.82, 2.24) is 10.2 Å². The zero-order valence-electron chi connectivity index (χ0n) is 18.8. The minimum atomic E-state index is -3.52. The van der Waals surface area contributed by atoms with E-state index >= 15 is 0 Å². The summed E-state index contributed by atoms with van der Waals surface area (Å²) in [5.74, 6) is -0.540. The maximum atomic E-state index is 13.1. The third-order valence-corrected chi connectivity index (χ3v) is 6.80. The second kappa shape index (κ2) is 11.3. The minimum Gasteiger partial charge on any atom is -0.357 e. The first kappa shape index (κ1) is 25.7. The smallest absolute Gasteiger partial charge is 0.242 e. The van der Waals surface area contributed by atoms with Crippen LogP contribution in [0, 0.1) is 6.92 Å². The SMILES string of the molecule is CNC(=O)C(C)N(Cc1ccccc1Cl)C(=O)CCCN(c1ccccc1C)S(C)(=O)=O. The van der Waals surface area contributed by atoms with E-state index in [4.69, 9.17) is 11.6 Å². The number of anilines is 1. The summed E-state index contributed by atoms with van der Waals surface area (Å²) < 4.78 is 26.1. The van der Waals surface area contributed by atoms with Crippen LogP contribution >= 0.6 is 11.6 Å². The Morgan fingerprint density at radius 2 is 1.72 bits per heavy atom. The molecule has 2 aromatic rings. The van der Waals surface area contributed by atoms with Crippen LogP contribution < -0.4 is 9.62 Å². The highest BCUT2D eigenvalue weighted by atomic mass is 35.5. The van der Waals surface area contributed by atoms with Crippen molar-refractivity contribution in [2.24, 2.45) is 0 Å². The zero-order valence-corrected chi connectivity index (χ0v) is 20.4. The maximum absolute atomic E-state index is 13.1. The van der Waals surface area contributed by atoms with Gasteiger partial charge in [-0.05, 0) is 43.5 Å². The zero-order chi connectivity index (χ0) is 23.9. The number of carbonyl (C=O) groups excluding carboxylic acids is 2. The van der Waals surface area contributed by atoms with Gasteiger partial charge in [0.25, 0.3) is 0 Å². The third kappa shape index (κ3) is 6.71. The lowest BCUT2D eigenvalue weighted by atomic mass is 10.1. The molecule has 2 aromatic carbocycles. The van der Waals surface area contributed by atoms with Crippen molar-refractivity contribution in [2.75, 3.05) is 24.2 Å². The van der Waals surface area contributed by atoms with Crippen LogP contribution in [-0.2, 0) is 26.2 Å². The Morgan fingerprint density at radius 1 is 1.09 bits per heavy atom. The van der Waals surface area contributed by atoms with Crippen molar-refractivity contribution in [3.05, 3.63) is 64.7 Å². The fraction of sp³-hybridized carbons (Fsp3) is 0.391. The molecule has 1 unspecified atom stereocenters. The van der Waals surface area contributed by atoms with Crippen LogP contribution in [0.25, 0.3) is 0 Å². The highest BCUT2D eigenvalue weighted by Gasteiger charge is 2.26.